The van der Waals surface area contributed by atoms with E-state index in [0.29, 0.717) is 19.5 Å². The molecule has 5 nitrogen and oxygen atoms in total. The molecule has 0 N–H and O–H groups in total. The fraction of sp³-hybridized carbons (Fsp3) is 0.476. The zero-order valence-corrected chi connectivity index (χ0v) is 17.5. The normalized spacial score (nSPS) is 17.7. The Hall–Kier alpha value is -1.85. The number of aromatic nitrogens is 2. The maximum Gasteiger partial charge on any atom is 0.256 e. The highest BCUT2D eigenvalue weighted by Crippen LogP contribution is 2.32. The number of rotatable bonds is 3. The molecule has 4 rings (SSSR count). The van der Waals surface area contributed by atoms with Crippen molar-refractivity contribution in [2.24, 2.45) is 5.92 Å². The third-order valence-electron chi connectivity index (χ3n) is 5.65. The van der Waals surface area contributed by atoms with Gasteiger partial charge in [-0.05, 0) is 18.8 Å². The number of benzene rings is 1. The maximum absolute atomic E-state index is 12.3. The molecule has 7 heteroatoms. The molecular formula is C21H24Cl2N4O. The predicted molar refractivity (Wildman–Crippen MR) is 113 cm³/mol. The maximum atomic E-state index is 12.3. The Morgan fingerprint density at radius 1 is 1.11 bits per heavy atom. The van der Waals surface area contributed by atoms with Crippen molar-refractivity contribution in [1.29, 1.82) is 0 Å². The summed E-state index contributed by atoms with van der Waals surface area (Å²) in [7, 11) is 0. The molecular weight excluding hydrogens is 395 g/mol. The van der Waals surface area contributed by atoms with E-state index in [4.69, 9.17) is 33.2 Å². The van der Waals surface area contributed by atoms with Crippen molar-refractivity contribution < 1.29 is 4.79 Å². The topological polar surface area (TPSA) is 49.3 Å². The van der Waals surface area contributed by atoms with Crippen LogP contribution in [0.15, 0.2) is 30.3 Å². The Bertz CT molecular complexity index is 851. The first-order valence-electron chi connectivity index (χ1n) is 9.80. The smallest absolute Gasteiger partial charge is 0.256 e. The summed E-state index contributed by atoms with van der Waals surface area (Å²) in [6.07, 6.45) is 2.97. The van der Waals surface area contributed by atoms with E-state index in [1.54, 1.807) is 4.90 Å². The van der Waals surface area contributed by atoms with E-state index in [9.17, 15) is 4.79 Å². The van der Waals surface area contributed by atoms with Crippen LogP contribution in [0.3, 0.4) is 0 Å². The zero-order valence-electron chi connectivity index (χ0n) is 15.9. The summed E-state index contributed by atoms with van der Waals surface area (Å²) in [6.45, 7) is 5.27. The summed E-state index contributed by atoms with van der Waals surface area (Å²) in [5.41, 5.74) is 3.06. The average molecular weight is 419 g/mol. The van der Waals surface area contributed by atoms with E-state index in [1.807, 2.05) is 30.3 Å². The highest BCUT2D eigenvalue weighted by molar-refractivity contribution is 6.53. The first-order valence-corrected chi connectivity index (χ1v) is 10.7. The lowest BCUT2D eigenvalue weighted by Crippen LogP contribution is -2.41. The highest BCUT2D eigenvalue weighted by atomic mass is 35.5. The second kappa shape index (κ2) is 8.26. The minimum atomic E-state index is -1.04. The highest BCUT2D eigenvalue weighted by Gasteiger charge is 2.30. The number of fused-ring (bicyclic) bond motifs is 1. The van der Waals surface area contributed by atoms with Crippen molar-refractivity contribution >= 4 is 34.9 Å². The number of amides is 1. The molecule has 0 atom stereocenters. The molecule has 0 saturated carbocycles. The molecule has 0 aliphatic carbocycles. The van der Waals surface area contributed by atoms with Crippen molar-refractivity contribution in [2.45, 2.75) is 37.6 Å². The van der Waals surface area contributed by atoms with Gasteiger partial charge in [0.05, 0.1) is 12.2 Å². The molecule has 2 aromatic rings. The predicted octanol–water partition coefficient (Wildman–Crippen LogP) is 4.07. The summed E-state index contributed by atoms with van der Waals surface area (Å²) >= 11 is 11.7. The molecule has 1 saturated heterocycles. The number of hydrogen-bond acceptors (Lipinski definition) is 4. The lowest BCUT2D eigenvalue weighted by Gasteiger charge is -2.36. The lowest BCUT2D eigenvalue weighted by atomic mass is 9.98. The number of nitrogens with zero attached hydrogens (tertiary/aromatic N) is 4. The van der Waals surface area contributed by atoms with Crippen LogP contribution in [0.5, 0.6) is 0 Å². The molecule has 0 radical (unpaired) electrons. The van der Waals surface area contributed by atoms with Gasteiger partial charge in [0.1, 0.15) is 5.82 Å². The average Bonchev–Trinajstić information content (AvgIpc) is 2.73. The SMILES string of the molecule is CC1CCN(c2nc(-c3ccccc3)nc3c2CN(C(=O)C(Cl)Cl)CC3)CC1. The Morgan fingerprint density at radius 2 is 1.82 bits per heavy atom. The van der Waals surface area contributed by atoms with Crippen molar-refractivity contribution in [2.75, 3.05) is 24.5 Å². The number of piperidine rings is 1. The molecule has 1 fully saturated rings. The fourth-order valence-corrected chi connectivity index (χ4v) is 4.20. The van der Waals surface area contributed by atoms with Crippen molar-refractivity contribution in [3.63, 3.8) is 0 Å². The van der Waals surface area contributed by atoms with Crippen LogP contribution in [0.1, 0.15) is 31.0 Å². The van der Waals surface area contributed by atoms with E-state index >= 15 is 0 Å². The van der Waals surface area contributed by atoms with E-state index < -0.39 is 4.84 Å². The minimum Gasteiger partial charge on any atom is -0.356 e. The Balaban J connectivity index is 1.74. The Labute approximate surface area is 175 Å². The van der Waals surface area contributed by atoms with E-state index in [1.165, 1.54) is 0 Å². The van der Waals surface area contributed by atoms with Crippen LogP contribution in [0.4, 0.5) is 5.82 Å². The second-order valence-electron chi connectivity index (χ2n) is 7.64. The Kier molecular flexibility index (Phi) is 5.74. The van der Waals surface area contributed by atoms with Crippen LogP contribution in [-0.2, 0) is 17.8 Å². The molecule has 3 heterocycles. The van der Waals surface area contributed by atoms with Crippen molar-refractivity contribution in [3.05, 3.63) is 41.6 Å². The molecule has 0 unspecified atom stereocenters. The van der Waals surface area contributed by atoms with Gasteiger partial charge in [0.15, 0.2) is 10.7 Å². The van der Waals surface area contributed by atoms with E-state index in [2.05, 4.69) is 11.8 Å². The quantitative estimate of drug-likeness (QED) is 0.704. The van der Waals surface area contributed by atoms with Gasteiger partial charge in [0.2, 0.25) is 0 Å². The summed E-state index contributed by atoms with van der Waals surface area (Å²) in [6, 6.07) is 10.1. The molecule has 1 amide bonds. The van der Waals surface area contributed by atoms with E-state index in [0.717, 1.165) is 60.3 Å². The van der Waals surface area contributed by atoms with Crippen LogP contribution in [-0.4, -0.2) is 45.2 Å². The molecule has 2 aliphatic rings. The number of carbonyl (C=O) groups excluding carboxylic acids is 1. The van der Waals surface area contributed by atoms with Crippen molar-refractivity contribution in [3.8, 4) is 11.4 Å². The minimum absolute atomic E-state index is 0.251. The van der Waals surface area contributed by atoms with Crippen LogP contribution < -0.4 is 4.90 Å². The number of hydrogen-bond donors (Lipinski definition) is 0. The Morgan fingerprint density at radius 3 is 2.50 bits per heavy atom. The van der Waals surface area contributed by atoms with Gasteiger partial charge in [-0.25, -0.2) is 9.97 Å². The van der Waals surface area contributed by atoms with Gasteiger partial charge in [-0.1, -0.05) is 60.5 Å². The van der Waals surface area contributed by atoms with Gasteiger partial charge in [-0.15, -0.1) is 0 Å². The molecule has 0 bridgehead atoms. The van der Waals surface area contributed by atoms with Gasteiger partial charge in [0.25, 0.3) is 5.91 Å². The van der Waals surface area contributed by atoms with Gasteiger partial charge in [-0.3, -0.25) is 4.79 Å². The van der Waals surface area contributed by atoms with E-state index in [-0.39, 0.29) is 5.91 Å². The summed E-state index contributed by atoms with van der Waals surface area (Å²) < 4.78 is 0. The molecule has 0 spiro atoms. The third kappa shape index (κ3) is 3.96. The lowest BCUT2D eigenvalue weighted by molar-refractivity contribution is -0.130. The summed E-state index contributed by atoms with van der Waals surface area (Å²) in [5, 5.41) is 0. The van der Waals surface area contributed by atoms with Crippen LogP contribution in [0.2, 0.25) is 0 Å². The van der Waals surface area contributed by atoms with Gasteiger partial charge >= 0.3 is 0 Å². The number of carbonyl (C=O) groups is 1. The summed E-state index contributed by atoms with van der Waals surface area (Å²) in [4.78, 5) is 25.2. The number of halogens is 2. The largest absolute Gasteiger partial charge is 0.356 e. The second-order valence-corrected chi connectivity index (χ2v) is 8.74. The first-order chi connectivity index (χ1) is 13.5. The molecule has 1 aromatic carbocycles. The van der Waals surface area contributed by atoms with Crippen molar-refractivity contribution in [1.82, 2.24) is 14.9 Å². The van der Waals surface area contributed by atoms with Crippen LogP contribution in [0, 0.1) is 5.92 Å². The standard InChI is InChI=1S/C21H24Cl2N4O/c1-14-7-10-26(11-8-14)20-16-13-27(21(28)18(22)23)12-9-17(16)24-19(25-20)15-5-3-2-4-6-15/h2-6,14,18H,7-13H2,1H3. The molecule has 28 heavy (non-hydrogen) atoms. The monoisotopic (exact) mass is 418 g/mol. The number of alkyl halides is 2. The van der Waals surface area contributed by atoms with Gasteiger partial charge < -0.3 is 9.80 Å². The van der Waals surface area contributed by atoms with Gasteiger partial charge in [0, 0.05) is 37.2 Å². The molecule has 1 aromatic heterocycles. The van der Waals surface area contributed by atoms with Gasteiger partial charge in [-0.2, -0.15) is 0 Å². The zero-order chi connectivity index (χ0) is 19.7. The summed E-state index contributed by atoms with van der Waals surface area (Å²) in [5.74, 6) is 2.18. The van der Waals surface area contributed by atoms with Crippen LogP contribution >= 0.6 is 23.2 Å². The third-order valence-corrected chi connectivity index (χ3v) is 6.03. The molecule has 2 aliphatic heterocycles. The first kappa shape index (κ1) is 19.5. The number of anilines is 1. The molecule has 148 valence electrons. The van der Waals surface area contributed by atoms with Crippen LogP contribution in [0.25, 0.3) is 11.4 Å². The fourth-order valence-electron chi connectivity index (χ4n) is 3.92.